The molecule has 0 amide bonds. The molecule has 1 fully saturated rings. The van der Waals surface area contributed by atoms with Gasteiger partial charge in [0.2, 0.25) is 11.7 Å². The van der Waals surface area contributed by atoms with Gasteiger partial charge in [-0.25, -0.2) is 0 Å². The van der Waals surface area contributed by atoms with Crippen LogP contribution in [0.3, 0.4) is 0 Å². The maximum atomic E-state index is 11.0. The van der Waals surface area contributed by atoms with Gasteiger partial charge in [-0.3, -0.25) is 10.1 Å². The van der Waals surface area contributed by atoms with E-state index in [1.807, 2.05) is 6.92 Å². The van der Waals surface area contributed by atoms with E-state index in [0.29, 0.717) is 11.8 Å². The van der Waals surface area contributed by atoms with Crippen LogP contribution in [-0.2, 0) is 4.74 Å². The van der Waals surface area contributed by atoms with Gasteiger partial charge in [0.25, 0.3) is 0 Å². The minimum atomic E-state index is -0.439. The summed E-state index contributed by atoms with van der Waals surface area (Å²) >= 11 is 0. The Morgan fingerprint density at radius 2 is 2.20 bits per heavy atom. The van der Waals surface area contributed by atoms with Gasteiger partial charge in [-0.05, 0) is 25.7 Å². The lowest BCUT2D eigenvalue weighted by molar-refractivity contribution is -0.384. The molecule has 1 atom stereocenters. The van der Waals surface area contributed by atoms with E-state index in [4.69, 9.17) is 9.47 Å². The van der Waals surface area contributed by atoms with Gasteiger partial charge in [0.1, 0.15) is 0 Å². The van der Waals surface area contributed by atoms with Crippen LogP contribution >= 0.6 is 0 Å². The molecule has 1 saturated heterocycles. The Bertz CT molecular complexity index is 475. The van der Waals surface area contributed by atoms with Crippen LogP contribution in [0.25, 0.3) is 0 Å². The third-order valence-electron chi connectivity index (χ3n) is 3.59. The summed E-state index contributed by atoms with van der Waals surface area (Å²) in [6.07, 6.45) is 1.90. The van der Waals surface area contributed by atoms with Gasteiger partial charge < -0.3 is 14.8 Å². The number of ether oxygens (including phenoxy) is 2. The Kier molecular flexibility index (Phi) is 4.73. The van der Waals surface area contributed by atoms with Crippen molar-refractivity contribution >= 4 is 11.5 Å². The van der Waals surface area contributed by atoms with Crippen LogP contribution in [0.5, 0.6) is 5.88 Å². The van der Waals surface area contributed by atoms with E-state index in [1.165, 1.54) is 19.2 Å². The van der Waals surface area contributed by atoms with Gasteiger partial charge in [-0.1, -0.05) is 0 Å². The van der Waals surface area contributed by atoms with Crippen LogP contribution in [0.1, 0.15) is 19.8 Å². The fraction of sp³-hybridized carbons (Fsp3) is 0.615. The van der Waals surface area contributed by atoms with Crippen LogP contribution in [0.2, 0.25) is 0 Å². The topological polar surface area (TPSA) is 86.5 Å². The Labute approximate surface area is 117 Å². The fourth-order valence-corrected chi connectivity index (χ4v) is 2.35. The largest absolute Gasteiger partial charge is 0.481 e. The van der Waals surface area contributed by atoms with E-state index in [1.54, 1.807) is 0 Å². The van der Waals surface area contributed by atoms with Crippen LogP contribution in [-0.4, -0.2) is 36.3 Å². The quantitative estimate of drug-likeness (QED) is 0.658. The molecule has 1 unspecified atom stereocenters. The molecule has 0 bridgehead atoms. The summed E-state index contributed by atoms with van der Waals surface area (Å²) in [7, 11) is 1.49. The molecule has 1 aromatic rings. The van der Waals surface area contributed by atoms with Gasteiger partial charge in [-0.15, -0.1) is 0 Å². The van der Waals surface area contributed by atoms with Crippen molar-refractivity contribution in [2.75, 3.05) is 25.6 Å². The second-order valence-corrected chi connectivity index (χ2v) is 4.86. The van der Waals surface area contributed by atoms with Gasteiger partial charge >= 0.3 is 5.69 Å². The smallest absolute Gasteiger partial charge is 0.311 e. The molecule has 7 nitrogen and oxygen atoms in total. The van der Waals surface area contributed by atoms with E-state index in [-0.39, 0.29) is 17.5 Å². The summed E-state index contributed by atoms with van der Waals surface area (Å²) in [5.74, 6) is 1.04. The molecule has 0 aromatic carbocycles. The maximum Gasteiger partial charge on any atom is 0.311 e. The van der Waals surface area contributed by atoms with Gasteiger partial charge in [0.05, 0.1) is 12.0 Å². The summed E-state index contributed by atoms with van der Waals surface area (Å²) < 4.78 is 10.3. The number of rotatable bonds is 5. The zero-order valence-corrected chi connectivity index (χ0v) is 11.7. The summed E-state index contributed by atoms with van der Waals surface area (Å²) in [6, 6.07) is 2.99. The molecule has 0 radical (unpaired) electrons. The van der Waals surface area contributed by atoms with Crippen LogP contribution in [0, 0.1) is 16.0 Å². The van der Waals surface area contributed by atoms with E-state index in [0.717, 1.165) is 26.1 Å². The van der Waals surface area contributed by atoms with Gasteiger partial charge in [0.15, 0.2) is 0 Å². The average Bonchev–Trinajstić information content (AvgIpc) is 2.47. The van der Waals surface area contributed by atoms with Gasteiger partial charge in [0, 0.05) is 31.4 Å². The molecule has 1 aliphatic heterocycles. The number of hydrogen-bond acceptors (Lipinski definition) is 6. The van der Waals surface area contributed by atoms with E-state index < -0.39 is 4.92 Å². The Morgan fingerprint density at radius 1 is 1.50 bits per heavy atom. The highest BCUT2D eigenvalue weighted by Gasteiger charge is 2.24. The first-order valence-corrected chi connectivity index (χ1v) is 6.65. The third-order valence-corrected chi connectivity index (χ3v) is 3.59. The number of nitro groups is 1. The zero-order valence-electron chi connectivity index (χ0n) is 11.7. The zero-order chi connectivity index (χ0) is 14.5. The van der Waals surface area contributed by atoms with E-state index in [2.05, 4.69) is 10.3 Å². The second kappa shape index (κ2) is 6.51. The second-order valence-electron chi connectivity index (χ2n) is 4.86. The lowest BCUT2D eigenvalue weighted by Gasteiger charge is -2.28. The minimum Gasteiger partial charge on any atom is -0.481 e. The first kappa shape index (κ1) is 14.5. The predicted octanol–water partition coefficient (Wildman–Crippen LogP) is 2.23. The monoisotopic (exact) mass is 281 g/mol. The highest BCUT2D eigenvalue weighted by atomic mass is 16.6. The minimum absolute atomic E-state index is 0.0373. The molecule has 0 aliphatic carbocycles. The van der Waals surface area contributed by atoms with Gasteiger partial charge in [-0.2, -0.15) is 4.98 Å². The summed E-state index contributed by atoms with van der Waals surface area (Å²) in [5, 5.41) is 14.2. The van der Waals surface area contributed by atoms with E-state index in [9.17, 15) is 10.1 Å². The van der Waals surface area contributed by atoms with Crippen molar-refractivity contribution in [2.45, 2.75) is 25.8 Å². The highest BCUT2D eigenvalue weighted by molar-refractivity contribution is 5.57. The molecular formula is C13H19N3O4. The third kappa shape index (κ3) is 3.36. The molecule has 2 heterocycles. The van der Waals surface area contributed by atoms with Crippen LogP contribution < -0.4 is 10.1 Å². The number of aromatic nitrogens is 1. The van der Waals surface area contributed by atoms with Crippen molar-refractivity contribution in [2.24, 2.45) is 5.92 Å². The molecule has 110 valence electrons. The van der Waals surface area contributed by atoms with Crippen molar-refractivity contribution < 1.29 is 14.4 Å². The molecule has 1 aliphatic rings. The molecule has 7 heteroatoms. The Hall–Kier alpha value is -1.89. The lowest BCUT2D eigenvalue weighted by atomic mass is 9.93. The summed E-state index contributed by atoms with van der Waals surface area (Å²) in [4.78, 5) is 14.7. The normalized spacial score (nSPS) is 17.5. The number of methoxy groups -OCH3 is 1. The molecule has 0 saturated carbocycles. The standard InChI is InChI=1S/C13H19N3O4/c1-9(10-5-7-20-8-6-10)14-13-11(16(17)18)3-4-12(15-13)19-2/h3-4,9-10H,5-8H2,1-2H3,(H,14,15). The molecule has 2 rings (SSSR count). The predicted molar refractivity (Wildman–Crippen MR) is 74.1 cm³/mol. The average molecular weight is 281 g/mol. The lowest BCUT2D eigenvalue weighted by Crippen LogP contribution is -2.31. The SMILES string of the molecule is COc1ccc([N+](=O)[O-])c(NC(C)C2CCOCC2)n1. The number of hydrogen-bond donors (Lipinski definition) is 1. The summed E-state index contributed by atoms with van der Waals surface area (Å²) in [6.45, 7) is 3.50. The highest BCUT2D eigenvalue weighted by Crippen LogP contribution is 2.28. The van der Waals surface area contributed by atoms with Crippen molar-refractivity contribution in [1.82, 2.24) is 4.98 Å². The molecule has 1 N–H and O–H groups in total. The Morgan fingerprint density at radius 3 is 2.80 bits per heavy atom. The first-order valence-electron chi connectivity index (χ1n) is 6.65. The van der Waals surface area contributed by atoms with E-state index >= 15 is 0 Å². The number of anilines is 1. The number of pyridine rings is 1. The van der Waals surface area contributed by atoms with Crippen LogP contribution in [0.15, 0.2) is 12.1 Å². The number of nitrogens with one attached hydrogen (secondary N) is 1. The molecule has 0 spiro atoms. The van der Waals surface area contributed by atoms with Crippen LogP contribution in [0.4, 0.5) is 11.5 Å². The molecule has 1 aromatic heterocycles. The fourth-order valence-electron chi connectivity index (χ4n) is 2.35. The van der Waals surface area contributed by atoms with Crippen molar-refractivity contribution in [3.8, 4) is 5.88 Å². The molecular weight excluding hydrogens is 262 g/mol. The van der Waals surface area contributed by atoms with Crippen molar-refractivity contribution in [3.63, 3.8) is 0 Å². The van der Waals surface area contributed by atoms with Crippen molar-refractivity contribution in [3.05, 3.63) is 22.2 Å². The molecule has 20 heavy (non-hydrogen) atoms. The number of nitrogens with zero attached hydrogens (tertiary/aromatic N) is 2. The first-order chi connectivity index (χ1) is 9.61. The summed E-state index contributed by atoms with van der Waals surface area (Å²) in [5.41, 5.74) is -0.0373. The Balaban J connectivity index is 2.15. The maximum absolute atomic E-state index is 11.0. The van der Waals surface area contributed by atoms with Crippen molar-refractivity contribution in [1.29, 1.82) is 0 Å².